The van der Waals surface area contributed by atoms with Crippen LogP contribution < -0.4 is 5.32 Å². The number of aryl methyl sites for hydroxylation is 1. The number of benzene rings is 1. The molecule has 1 fully saturated rings. The van der Waals surface area contributed by atoms with Gasteiger partial charge in [-0.1, -0.05) is 12.1 Å². The van der Waals surface area contributed by atoms with Crippen molar-refractivity contribution in [2.24, 2.45) is 0 Å². The quantitative estimate of drug-likeness (QED) is 0.813. The summed E-state index contributed by atoms with van der Waals surface area (Å²) < 4.78 is 25.5. The van der Waals surface area contributed by atoms with Crippen molar-refractivity contribution in [3.63, 3.8) is 0 Å². The van der Waals surface area contributed by atoms with Crippen molar-refractivity contribution in [2.75, 3.05) is 32.9 Å². The Hall–Kier alpha value is -2.78. The number of nitrogens with zero attached hydrogens (tertiary/aromatic N) is 3. The molecule has 2 aliphatic rings. The summed E-state index contributed by atoms with van der Waals surface area (Å²) in [5.74, 6) is -0.852. The number of hydrogen-bond acceptors (Lipinski definition) is 5. The highest BCUT2D eigenvalue weighted by Gasteiger charge is 2.26. The first-order valence-electron chi connectivity index (χ1n) is 9.69. The number of fused-ring (bicyclic) bond motifs is 1. The van der Waals surface area contributed by atoms with Gasteiger partial charge in [0, 0.05) is 32.2 Å². The summed E-state index contributed by atoms with van der Waals surface area (Å²) in [6, 6.07) is 7.62. The van der Waals surface area contributed by atoms with Gasteiger partial charge in [0.25, 0.3) is 11.8 Å². The van der Waals surface area contributed by atoms with Crippen molar-refractivity contribution >= 4 is 11.8 Å². The summed E-state index contributed by atoms with van der Waals surface area (Å²) in [6.45, 7) is 3.34. The molecule has 1 aromatic heterocycles. The molecular formula is C20H23FN4O4. The number of aromatic nitrogens is 2. The molecule has 0 radical (unpaired) electrons. The molecule has 29 heavy (non-hydrogen) atoms. The van der Waals surface area contributed by atoms with Crippen LogP contribution in [0.1, 0.15) is 33.0 Å². The molecule has 2 aromatic rings. The van der Waals surface area contributed by atoms with E-state index in [-0.39, 0.29) is 29.4 Å². The zero-order valence-electron chi connectivity index (χ0n) is 16.0. The molecule has 0 spiro atoms. The summed E-state index contributed by atoms with van der Waals surface area (Å²) in [5.41, 5.74) is 1.43. The minimum absolute atomic E-state index is 0.180. The highest BCUT2D eigenvalue weighted by molar-refractivity contribution is 5.98. The highest BCUT2D eigenvalue weighted by Crippen LogP contribution is 2.17. The van der Waals surface area contributed by atoms with Crippen molar-refractivity contribution in [3.8, 4) is 0 Å². The lowest BCUT2D eigenvalue weighted by Crippen LogP contribution is -2.39. The maximum Gasteiger partial charge on any atom is 0.272 e. The molecule has 4 rings (SSSR count). The smallest absolute Gasteiger partial charge is 0.272 e. The minimum Gasteiger partial charge on any atom is -0.376 e. The van der Waals surface area contributed by atoms with Crippen LogP contribution in [0.3, 0.4) is 0 Å². The molecule has 2 aliphatic heterocycles. The SMILES string of the molecule is O=C(NC[C@@H]1COCCO1)c1cc2n(n1)CCCN(Cc1ccc(F)cc1)C2=O. The van der Waals surface area contributed by atoms with Crippen LogP contribution in [0.25, 0.3) is 0 Å². The molecule has 1 saturated heterocycles. The second-order valence-corrected chi connectivity index (χ2v) is 7.12. The molecule has 0 unspecified atom stereocenters. The molecular weight excluding hydrogens is 379 g/mol. The fourth-order valence-corrected chi connectivity index (χ4v) is 3.46. The molecule has 0 bridgehead atoms. The zero-order chi connectivity index (χ0) is 20.2. The summed E-state index contributed by atoms with van der Waals surface area (Å²) in [6.07, 6.45) is 0.539. The van der Waals surface area contributed by atoms with Gasteiger partial charge in [0.05, 0.1) is 25.9 Å². The van der Waals surface area contributed by atoms with Gasteiger partial charge < -0.3 is 19.7 Å². The number of amides is 2. The average Bonchev–Trinajstić information content (AvgIpc) is 3.11. The molecule has 9 heteroatoms. The van der Waals surface area contributed by atoms with Crippen molar-refractivity contribution in [2.45, 2.75) is 25.6 Å². The monoisotopic (exact) mass is 402 g/mol. The predicted molar refractivity (Wildman–Crippen MR) is 101 cm³/mol. The third kappa shape index (κ3) is 4.63. The lowest BCUT2D eigenvalue weighted by Gasteiger charge is -2.22. The number of rotatable bonds is 5. The van der Waals surface area contributed by atoms with Crippen LogP contribution in [-0.4, -0.2) is 65.5 Å². The largest absolute Gasteiger partial charge is 0.376 e. The molecule has 0 saturated carbocycles. The predicted octanol–water partition coefficient (Wildman–Crippen LogP) is 1.21. The maximum absolute atomic E-state index is 13.1. The van der Waals surface area contributed by atoms with Crippen LogP contribution in [0.2, 0.25) is 0 Å². The van der Waals surface area contributed by atoms with Gasteiger partial charge in [-0.15, -0.1) is 0 Å². The summed E-state index contributed by atoms with van der Waals surface area (Å²) in [7, 11) is 0. The van der Waals surface area contributed by atoms with Crippen LogP contribution in [0.15, 0.2) is 30.3 Å². The lowest BCUT2D eigenvalue weighted by molar-refractivity contribution is -0.0855. The molecule has 1 N–H and O–H groups in total. The normalized spacial score (nSPS) is 19.6. The van der Waals surface area contributed by atoms with Crippen molar-refractivity contribution < 1.29 is 23.5 Å². The molecule has 154 valence electrons. The Labute approximate surface area is 167 Å². The number of carbonyl (C=O) groups is 2. The lowest BCUT2D eigenvalue weighted by atomic mass is 10.2. The molecule has 0 aliphatic carbocycles. The Kier molecular flexibility index (Phi) is 5.86. The Morgan fingerprint density at radius 3 is 2.83 bits per heavy atom. The van der Waals surface area contributed by atoms with E-state index in [2.05, 4.69) is 10.4 Å². The van der Waals surface area contributed by atoms with E-state index < -0.39 is 0 Å². The highest BCUT2D eigenvalue weighted by atomic mass is 19.1. The van der Waals surface area contributed by atoms with Gasteiger partial charge in [0.2, 0.25) is 0 Å². The van der Waals surface area contributed by atoms with E-state index in [1.165, 1.54) is 18.2 Å². The maximum atomic E-state index is 13.1. The van der Waals surface area contributed by atoms with E-state index in [4.69, 9.17) is 9.47 Å². The van der Waals surface area contributed by atoms with E-state index in [1.54, 1.807) is 21.7 Å². The third-order valence-corrected chi connectivity index (χ3v) is 4.98. The molecule has 1 aromatic carbocycles. The Balaban J connectivity index is 1.43. The van der Waals surface area contributed by atoms with Gasteiger partial charge in [-0.3, -0.25) is 14.3 Å². The summed E-state index contributed by atoms with van der Waals surface area (Å²) in [5, 5.41) is 7.10. The number of carbonyl (C=O) groups excluding carboxylic acids is 2. The van der Waals surface area contributed by atoms with Crippen molar-refractivity contribution in [1.29, 1.82) is 0 Å². The van der Waals surface area contributed by atoms with E-state index in [9.17, 15) is 14.0 Å². The number of halogens is 1. The van der Waals surface area contributed by atoms with Crippen LogP contribution in [0.4, 0.5) is 4.39 Å². The number of hydrogen-bond donors (Lipinski definition) is 1. The standard InChI is InChI=1S/C20H23FN4O4/c21-15-4-2-14(3-5-15)12-24-6-1-7-25-18(20(24)27)10-17(23-25)19(26)22-11-16-13-28-8-9-29-16/h2-5,10,16H,1,6-9,11-13H2,(H,22,26)/t16-/m1/s1. The average molecular weight is 402 g/mol. The Bertz CT molecular complexity index is 877. The van der Waals surface area contributed by atoms with Crippen LogP contribution >= 0.6 is 0 Å². The number of nitrogens with one attached hydrogen (secondary N) is 1. The fourth-order valence-electron chi connectivity index (χ4n) is 3.46. The molecule has 1 atom stereocenters. The van der Waals surface area contributed by atoms with Gasteiger partial charge in [-0.05, 0) is 24.1 Å². The number of ether oxygens (including phenoxy) is 2. The summed E-state index contributed by atoms with van der Waals surface area (Å²) >= 11 is 0. The second kappa shape index (κ2) is 8.71. The Morgan fingerprint density at radius 2 is 2.07 bits per heavy atom. The van der Waals surface area contributed by atoms with E-state index in [0.717, 1.165) is 12.0 Å². The van der Waals surface area contributed by atoms with Crippen molar-refractivity contribution in [1.82, 2.24) is 20.0 Å². The van der Waals surface area contributed by atoms with Gasteiger partial charge in [0.15, 0.2) is 5.69 Å². The van der Waals surface area contributed by atoms with Crippen LogP contribution in [0, 0.1) is 5.82 Å². The zero-order valence-corrected chi connectivity index (χ0v) is 16.0. The fraction of sp³-hybridized carbons (Fsp3) is 0.450. The first-order chi connectivity index (χ1) is 14.1. The Morgan fingerprint density at radius 1 is 1.24 bits per heavy atom. The van der Waals surface area contributed by atoms with Gasteiger partial charge in [0.1, 0.15) is 11.5 Å². The van der Waals surface area contributed by atoms with Crippen molar-refractivity contribution in [3.05, 3.63) is 53.1 Å². The third-order valence-electron chi connectivity index (χ3n) is 4.98. The minimum atomic E-state index is -0.349. The van der Waals surface area contributed by atoms with Crippen LogP contribution in [-0.2, 0) is 22.6 Å². The molecule has 3 heterocycles. The van der Waals surface area contributed by atoms with E-state index >= 15 is 0 Å². The van der Waals surface area contributed by atoms with Crippen LogP contribution in [0.5, 0.6) is 0 Å². The first kappa shape index (κ1) is 19.5. The second-order valence-electron chi connectivity index (χ2n) is 7.12. The molecule has 2 amide bonds. The first-order valence-corrected chi connectivity index (χ1v) is 9.69. The van der Waals surface area contributed by atoms with E-state index in [0.29, 0.717) is 51.7 Å². The van der Waals surface area contributed by atoms with Gasteiger partial charge >= 0.3 is 0 Å². The summed E-state index contributed by atoms with van der Waals surface area (Å²) in [4.78, 5) is 27.1. The van der Waals surface area contributed by atoms with E-state index in [1.807, 2.05) is 0 Å². The van der Waals surface area contributed by atoms with Gasteiger partial charge in [-0.25, -0.2) is 4.39 Å². The van der Waals surface area contributed by atoms with Gasteiger partial charge in [-0.2, -0.15) is 5.10 Å². The molecule has 8 nitrogen and oxygen atoms in total. The topological polar surface area (TPSA) is 85.7 Å².